The zero-order valence-corrected chi connectivity index (χ0v) is 14.4. The molecule has 4 nitrogen and oxygen atoms in total. The SMILES string of the molecule is Cc1cc(C2CC(c3sc(Cl)cc3CCO)CC(C)N2)on1. The molecule has 0 saturated carbocycles. The molecular formula is C16H21ClN2O2S. The van der Waals surface area contributed by atoms with Crippen molar-refractivity contribution in [3.8, 4) is 0 Å². The molecule has 3 atom stereocenters. The fraction of sp³-hybridized carbons (Fsp3) is 0.562. The maximum Gasteiger partial charge on any atom is 0.153 e. The van der Waals surface area contributed by atoms with Crippen LogP contribution in [0.25, 0.3) is 0 Å². The second-order valence-electron chi connectivity index (χ2n) is 6.07. The first kappa shape index (κ1) is 16.0. The molecule has 3 unspecified atom stereocenters. The minimum absolute atomic E-state index is 0.158. The van der Waals surface area contributed by atoms with E-state index in [4.69, 9.17) is 16.1 Å². The van der Waals surface area contributed by atoms with Gasteiger partial charge in [-0.25, -0.2) is 0 Å². The van der Waals surface area contributed by atoms with E-state index in [0.717, 1.165) is 28.6 Å². The van der Waals surface area contributed by atoms with Crippen molar-refractivity contribution in [2.45, 2.75) is 51.1 Å². The lowest BCUT2D eigenvalue weighted by molar-refractivity contribution is 0.254. The first-order valence-corrected chi connectivity index (χ1v) is 8.84. The van der Waals surface area contributed by atoms with Gasteiger partial charge in [0.05, 0.1) is 16.1 Å². The van der Waals surface area contributed by atoms with E-state index in [1.165, 1.54) is 10.4 Å². The summed E-state index contributed by atoms with van der Waals surface area (Å²) in [5.74, 6) is 1.34. The summed E-state index contributed by atoms with van der Waals surface area (Å²) in [6.45, 7) is 4.30. The van der Waals surface area contributed by atoms with Gasteiger partial charge in [-0.3, -0.25) is 0 Å². The van der Waals surface area contributed by atoms with Crippen LogP contribution in [0.15, 0.2) is 16.7 Å². The van der Waals surface area contributed by atoms with Gasteiger partial charge < -0.3 is 14.9 Å². The molecule has 3 heterocycles. The molecule has 0 aromatic carbocycles. The Morgan fingerprint density at radius 3 is 2.95 bits per heavy atom. The van der Waals surface area contributed by atoms with Gasteiger partial charge in [-0.05, 0) is 50.7 Å². The van der Waals surface area contributed by atoms with Gasteiger partial charge in [-0.1, -0.05) is 16.8 Å². The minimum Gasteiger partial charge on any atom is -0.396 e. The van der Waals surface area contributed by atoms with Crippen molar-refractivity contribution in [1.82, 2.24) is 10.5 Å². The van der Waals surface area contributed by atoms with Crippen molar-refractivity contribution in [3.05, 3.63) is 38.4 Å². The molecule has 0 bridgehead atoms. The highest BCUT2D eigenvalue weighted by Crippen LogP contribution is 2.42. The maximum atomic E-state index is 9.26. The monoisotopic (exact) mass is 340 g/mol. The Hall–Kier alpha value is -0.880. The van der Waals surface area contributed by atoms with E-state index in [2.05, 4.69) is 17.4 Å². The molecule has 2 aromatic heterocycles. The molecule has 1 fully saturated rings. The Labute approximate surface area is 139 Å². The molecule has 1 saturated heterocycles. The third-order valence-electron chi connectivity index (χ3n) is 4.20. The molecule has 1 aliphatic heterocycles. The lowest BCUT2D eigenvalue weighted by atomic mass is 9.85. The molecule has 2 aromatic rings. The van der Waals surface area contributed by atoms with E-state index < -0.39 is 0 Å². The smallest absolute Gasteiger partial charge is 0.153 e. The van der Waals surface area contributed by atoms with Gasteiger partial charge in [0.1, 0.15) is 0 Å². The number of aromatic nitrogens is 1. The van der Waals surface area contributed by atoms with Crippen molar-refractivity contribution in [2.75, 3.05) is 6.61 Å². The lowest BCUT2D eigenvalue weighted by Gasteiger charge is -2.33. The van der Waals surface area contributed by atoms with Crippen LogP contribution in [0.5, 0.6) is 0 Å². The molecule has 3 rings (SSSR count). The summed E-state index contributed by atoms with van der Waals surface area (Å²) >= 11 is 7.85. The largest absolute Gasteiger partial charge is 0.396 e. The first-order chi connectivity index (χ1) is 10.6. The second kappa shape index (κ2) is 6.71. The number of rotatable bonds is 4. The summed E-state index contributed by atoms with van der Waals surface area (Å²) in [4.78, 5) is 1.31. The van der Waals surface area contributed by atoms with Gasteiger partial charge in [0.25, 0.3) is 0 Å². The number of halogens is 1. The van der Waals surface area contributed by atoms with Crippen LogP contribution < -0.4 is 5.32 Å². The summed E-state index contributed by atoms with van der Waals surface area (Å²) < 4.78 is 6.25. The van der Waals surface area contributed by atoms with Gasteiger partial charge in [-0.15, -0.1) is 11.3 Å². The van der Waals surface area contributed by atoms with Crippen molar-refractivity contribution in [3.63, 3.8) is 0 Å². The van der Waals surface area contributed by atoms with Crippen LogP contribution in [0.1, 0.15) is 53.6 Å². The number of hydrogen-bond acceptors (Lipinski definition) is 5. The summed E-state index contributed by atoms with van der Waals surface area (Å²) in [6, 6.07) is 4.58. The van der Waals surface area contributed by atoms with E-state index in [1.807, 2.05) is 19.1 Å². The van der Waals surface area contributed by atoms with E-state index in [9.17, 15) is 5.11 Å². The van der Waals surface area contributed by atoms with Gasteiger partial charge in [0, 0.05) is 23.6 Å². The van der Waals surface area contributed by atoms with Crippen LogP contribution >= 0.6 is 22.9 Å². The van der Waals surface area contributed by atoms with Gasteiger partial charge in [0.2, 0.25) is 0 Å². The lowest BCUT2D eigenvalue weighted by Crippen LogP contribution is -2.37. The third-order valence-corrected chi connectivity index (χ3v) is 5.67. The maximum absolute atomic E-state index is 9.26. The van der Waals surface area contributed by atoms with Crippen molar-refractivity contribution >= 4 is 22.9 Å². The van der Waals surface area contributed by atoms with Crippen LogP contribution in [0, 0.1) is 6.92 Å². The van der Waals surface area contributed by atoms with Crippen molar-refractivity contribution in [2.24, 2.45) is 0 Å². The molecule has 2 N–H and O–H groups in total. The number of nitrogens with one attached hydrogen (secondary N) is 1. The standard InChI is InChI=1S/C16H21ClN2O2S/c1-9-5-12(16-11(3-4-20)8-15(17)22-16)7-13(18-9)14-6-10(2)19-21-14/h6,8-9,12-13,18,20H,3-5,7H2,1-2H3. The normalized spacial score (nSPS) is 25.5. The van der Waals surface area contributed by atoms with Crippen molar-refractivity contribution < 1.29 is 9.63 Å². The zero-order chi connectivity index (χ0) is 15.7. The highest BCUT2D eigenvalue weighted by molar-refractivity contribution is 7.16. The fourth-order valence-corrected chi connectivity index (χ4v) is 4.76. The predicted molar refractivity (Wildman–Crippen MR) is 88.7 cm³/mol. The van der Waals surface area contributed by atoms with Crippen LogP contribution in [-0.2, 0) is 6.42 Å². The van der Waals surface area contributed by atoms with Gasteiger partial charge in [0.15, 0.2) is 5.76 Å². The Balaban J connectivity index is 1.84. The number of aliphatic hydroxyl groups excluding tert-OH is 1. The number of nitrogens with zero attached hydrogens (tertiary/aromatic N) is 1. The van der Waals surface area contributed by atoms with E-state index in [0.29, 0.717) is 18.4 Å². The fourth-order valence-electron chi connectivity index (χ4n) is 3.32. The zero-order valence-electron chi connectivity index (χ0n) is 12.8. The minimum atomic E-state index is 0.158. The quantitative estimate of drug-likeness (QED) is 0.888. The molecule has 0 spiro atoms. The average molecular weight is 341 g/mol. The molecule has 0 radical (unpaired) electrons. The predicted octanol–water partition coefficient (Wildman–Crippen LogP) is 3.83. The Bertz CT molecular complexity index is 640. The molecule has 120 valence electrons. The van der Waals surface area contributed by atoms with E-state index in [1.54, 1.807) is 11.3 Å². The van der Waals surface area contributed by atoms with Crippen LogP contribution in [0.3, 0.4) is 0 Å². The van der Waals surface area contributed by atoms with Crippen LogP contribution in [-0.4, -0.2) is 22.9 Å². The first-order valence-electron chi connectivity index (χ1n) is 7.65. The molecule has 0 amide bonds. The van der Waals surface area contributed by atoms with Crippen molar-refractivity contribution in [1.29, 1.82) is 0 Å². The molecule has 1 aliphatic rings. The highest BCUT2D eigenvalue weighted by atomic mass is 35.5. The number of piperidine rings is 1. The summed E-state index contributed by atoms with van der Waals surface area (Å²) in [6.07, 6.45) is 2.70. The van der Waals surface area contributed by atoms with Crippen LogP contribution in [0.4, 0.5) is 0 Å². The topological polar surface area (TPSA) is 58.3 Å². The molecule has 22 heavy (non-hydrogen) atoms. The number of aryl methyl sites for hydroxylation is 1. The van der Waals surface area contributed by atoms with Crippen LogP contribution in [0.2, 0.25) is 4.34 Å². The Morgan fingerprint density at radius 2 is 2.27 bits per heavy atom. The third kappa shape index (κ3) is 3.38. The summed E-state index contributed by atoms with van der Waals surface area (Å²) in [5.41, 5.74) is 2.09. The molecular weight excluding hydrogens is 320 g/mol. The second-order valence-corrected chi connectivity index (χ2v) is 7.79. The Morgan fingerprint density at radius 1 is 1.45 bits per heavy atom. The highest BCUT2D eigenvalue weighted by Gasteiger charge is 2.32. The molecule has 6 heteroatoms. The summed E-state index contributed by atoms with van der Waals surface area (Å²) in [5, 5.41) is 16.9. The van der Waals surface area contributed by atoms with Gasteiger partial charge in [-0.2, -0.15) is 0 Å². The molecule has 0 aliphatic carbocycles. The number of thiophene rings is 1. The van der Waals surface area contributed by atoms with E-state index in [-0.39, 0.29) is 12.6 Å². The summed E-state index contributed by atoms with van der Waals surface area (Å²) in [7, 11) is 0. The average Bonchev–Trinajstić information content (AvgIpc) is 3.05. The Kier molecular flexibility index (Phi) is 4.88. The number of aliphatic hydroxyl groups is 1. The number of hydrogen-bond donors (Lipinski definition) is 2. The van der Waals surface area contributed by atoms with E-state index >= 15 is 0 Å². The van der Waals surface area contributed by atoms with Gasteiger partial charge >= 0.3 is 0 Å².